The number of hydrogen-bond acceptors (Lipinski definition) is 4. The fraction of sp³-hybridized carbons (Fsp3) is 1.00. The van der Waals surface area contributed by atoms with Gasteiger partial charge in [-0.2, -0.15) is 0 Å². The van der Waals surface area contributed by atoms with Crippen LogP contribution in [0.5, 0.6) is 0 Å². The second kappa shape index (κ2) is 17.8. The van der Waals surface area contributed by atoms with Crippen molar-refractivity contribution in [1.82, 2.24) is 0 Å². The number of ether oxygens (including phenoxy) is 1. The smallest absolute Gasteiger partial charge is 0.0697 e. The fourth-order valence-electron chi connectivity index (χ4n) is 0.621. The first-order valence-corrected chi connectivity index (χ1v) is 4.73. The molecule has 0 atom stereocenters. The zero-order chi connectivity index (χ0) is 10.4. The number of aliphatic hydroxyl groups excluding tert-OH is 3. The topological polar surface area (TPSA) is 69.9 Å². The highest BCUT2D eigenvalue weighted by molar-refractivity contribution is 4.35. The first-order chi connectivity index (χ1) is 6.33. The van der Waals surface area contributed by atoms with Crippen LogP contribution in [0.15, 0.2) is 0 Å². The average molecular weight is 194 g/mol. The SMILES string of the molecule is CCCCCOCCO.OCCO. The van der Waals surface area contributed by atoms with Gasteiger partial charge in [-0.25, -0.2) is 0 Å². The lowest BCUT2D eigenvalue weighted by molar-refractivity contribution is 0.0898. The molecule has 0 fully saturated rings. The van der Waals surface area contributed by atoms with Gasteiger partial charge in [0.2, 0.25) is 0 Å². The summed E-state index contributed by atoms with van der Waals surface area (Å²) in [6.45, 7) is 3.34. The maximum absolute atomic E-state index is 8.30. The maximum atomic E-state index is 8.30. The number of hydrogen-bond donors (Lipinski definition) is 3. The Labute approximate surface area is 80.2 Å². The Morgan fingerprint density at radius 1 is 0.846 bits per heavy atom. The molecular formula is C9H22O4. The predicted molar refractivity (Wildman–Crippen MR) is 51.6 cm³/mol. The molecule has 0 saturated carbocycles. The van der Waals surface area contributed by atoms with E-state index in [1.54, 1.807) is 0 Å². The van der Waals surface area contributed by atoms with Crippen LogP contribution >= 0.6 is 0 Å². The predicted octanol–water partition coefficient (Wildman–Crippen LogP) is 0.156. The van der Waals surface area contributed by atoms with E-state index >= 15 is 0 Å². The third kappa shape index (κ3) is 24.5. The lowest BCUT2D eigenvalue weighted by Crippen LogP contribution is -2.00. The Morgan fingerprint density at radius 2 is 1.46 bits per heavy atom. The van der Waals surface area contributed by atoms with Crippen molar-refractivity contribution >= 4 is 0 Å². The highest BCUT2D eigenvalue weighted by Gasteiger charge is 1.85. The summed E-state index contributed by atoms with van der Waals surface area (Å²) in [6, 6.07) is 0. The zero-order valence-corrected chi connectivity index (χ0v) is 8.41. The van der Waals surface area contributed by atoms with Gasteiger partial charge < -0.3 is 20.1 Å². The Balaban J connectivity index is 0. The molecule has 13 heavy (non-hydrogen) atoms. The summed E-state index contributed by atoms with van der Waals surface area (Å²) in [6.07, 6.45) is 3.57. The van der Waals surface area contributed by atoms with Crippen molar-refractivity contribution in [3.8, 4) is 0 Å². The quantitative estimate of drug-likeness (QED) is 0.505. The molecule has 0 aromatic rings. The van der Waals surface area contributed by atoms with Gasteiger partial charge in [-0.3, -0.25) is 0 Å². The molecule has 0 bridgehead atoms. The zero-order valence-electron chi connectivity index (χ0n) is 8.41. The van der Waals surface area contributed by atoms with Crippen LogP contribution in [0, 0.1) is 0 Å². The lowest BCUT2D eigenvalue weighted by atomic mass is 10.3. The van der Waals surface area contributed by atoms with Crippen molar-refractivity contribution in [3.05, 3.63) is 0 Å². The van der Waals surface area contributed by atoms with Crippen LogP contribution in [0.4, 0.5) is 0 Å². The first kappa shape index (κ1) is 15.3. The number of aliphatic hydroxyl groups is 3. The van der Waals surface area contributed by atoms with Gasteiger partial charge in [-0.1, -0.05) is 19.8 Å². The van der Waals surface area contributed by atoms with Crippen LogP contribution in [0.2, 0.25) is 0 Å². The Kier molecular flexibility index (Phi) is 21.0. The van der Waals surface area contributed by atoms with E-state index in [0.29, 0.717) is 6.61 Å². The normalized spacial score (nSPS) is 9.23. The summed E-state index contributed by atoms with van der Waals surface area (Å²) in [4.78, 5) is 0. The molecule has 4 nitrogen and oxygen atoms in total. The van der Waals surface area contributed by atoms with Crippen LogP contribution in [-0.2, 0) is 4.74 Å². The molecule has 0 rings (SSSR count). The van der Waals surface area contributed by atoms with Crippen molar-refractivity contribution in [2.75, 3.05) is 33.0 Å². The molecule has 0 spiro atoms. The van der Waals surface area contributed by atoms with Crippen LogP contribution in [-0.4, -0.2) is 48.4 Å². The monoisotopic (exact) mass is 194 g/mol. The van der Waals surface area contributed by atoms with Crippen molar-refractivity contribution in [3.63, 3.8) is 0 Å². The Hall–Kier alpha value is -0.160. The molecule has 3 N–H and O–H groups in total. The van der Waals surface area contributed by atoms with E-state index in [-0.39, 0.29) is 19.8 Å². The standard InChI is InChI=1S/C7H16O2.C2H6O2/c1-2-3-4-6-9-7-5-8;3-1-2-4/h8H,2-7H2,1H3;3-4H,1-2H2. The Morgan fingerprint density at radius 3 is 1.85 bits per heavy atom. The molecule has 0 heterocycles. The van der Waals surface area contributed by atoms with Crippen molar-refractivity contribution in [2.45, 2.75) is 26.2 Å². The fourth-order valence-corrected chi connectivity index (χ4v) is 0.621. The van der Waals surface area contributed by atoms with Gasteiger partial charge in [0.1, 0.15) is 0 Å². The first-order valence-electron chi connectivity index (χ1n) is 4.73. The molecule has 0 aliphatic heterocycles. The third-order valence-corrected chi connectivity index (χ3v) is 1.23. The maximum Gasteiger partial charge on any atom is 0.0697 e. The van der Waals surface area contributed by atoms with E-state index in [0.717, 1.165) is 13.0 Å². The minimum absolute atomic E-state index is 0.125. The molecule has 0 aromatic carbocycles. The van der Waals surface area contributed by atoms with Gasteiger partial charge in [0.15, 0.2) is 0 Å². The largest absolute Gasteiger partial charge is 0.394 e. The van der Waals surface area contributed by atoms with Crippen molar-refractivity contribution in [1.29, 1.82) is 0 Å². The highest BCUT2D eigenvalue weighted by atomic mass is 16.5. The molecule has 0 amide bonds. The van der Waals surface area contributed by atoms with Crippen LogP contribution < -0.4 is 0 Å². The average Bonchev–Trinajstić information content (AvgIpc) is 2.18. The summed E-state index contributed by atoms with van der Waals surface area (Å²) in [5.74, 6) is 0. The molecule has 0 saturated heterocycles. The van der Waals surface area contributed by atoms with Gasteiger partial charge in [0.05, 0.1) is 26.4 Å². The van der Waals surface area contributed by atoms with Crippen LogP contribution in [0.3, 0.4) is 0 Å². The van der Waals surface area contributed by atoms with E-state index in [2.05, 4.69) is 6.92 Å². The van der Waals surface area contributed by atoms with Gasteiger partial charge >= 0.3 is 0 Å². The van der Waals surface area contributed by atoms with Gasteiger partial charge in [-0.15, -0.1) is 0 Å². The third-order valence-electron chi connectivity index (χ3n) is 1.23. The molecule has 0 aliphatic carbocycles. The molecule has 0 aromatic heterocycles. The summed E-state index contributed by atoms with van der Waals surface area (Å²) >= 11 is 0. The van der Waals surface area contributed by atoms with Crippen LogP contribution in [0.25, 0.3) is 0 Å². The second-order valence-electron chi connectivity index (χ2n) is 2.49. The molecule has 0 aliphatic rings. The second-order valence-corrected chi connectivity index (χ2v) is 2.49. The number of rotatable bonds is 7. The summed E-state index contributed by atoms with van der Waals surface area (Å²) in [5.41, 5.74) is 0. The van der Waals surface area contributed by atoms with Crippen molar-refractivity contribution in [2.24, 2.45) is 0 Å². The van der Waals surface area contributed by atoms with E-state index < -0.39 is 0 Å². The highest BCUT2D eigenvalue weighted by Crippen LogP contribution is 1.93. The molecular weight excluding hydrogens is 172 g/mol. The van der Waals surface area contributed by atoms with Gasteiger partial charge in [0.25, 0.3) is 0 Å². The lowest BCUT2D eigenvalue weighted by Gasteiger charge is -1.98. The summed E-state index contributed by atoms with van der Waals surface area (Å²) in [5, 5.41) is 23.5. The minimum atomic E-state index is -0.125. The summed E-state index contributed by atoms with van der Waals surface area (Å²) < 4.78 is 5.03. The van der Waals surface area contributed by atoms with E-state index in [9.17, 15) is 0 Å². The van der Waals surface area contributed by atoms with E-state index in [1.165, 1.54) is 12.8 Å². The molecule has 82 valence electrons. The molecule has 4 heteroatoms. The van der Waals surface area contributed by atoms with Crippen molar-refractivity contribution < 1.29 is 20.1 Å². The number of unbranched alkanes of at least 4 members (excludes halogenated alkanes) is 2. The van der Waals surface area contributed by atoms with Gasteiger partial charge in [-0.05, 0) is 6.42 Å². The van der Waals surface area contributed by atoms with Crippen LogP contribution in [0.1, 0.15) is 26.2 Å². The van der Waals surface area contributed by atoms with E-state index in [4.69, 9.17) is 20.1 Å². The minimum Gasteiger partial charge on any atom is -0.394 e. The van der Waals surface area contributed by atoms with E-state index in [1.807, 2.05) is 0 Å². The molecule has 0 unspecified atom stereocenters. The summed E-state index contributed by atoms with van der Waals surface area (Å²) in [7, 11) is 0. The Bertz CT molecular complexity index is 60.6. The van der Waals surface area contributed by atoms with Gasteiger partial charge in [0, 0.05) is 6.61 Å². The molecule has 0 radical (unpaired) electrons.